The Bertz CT molecular complexity index is 338. The first kappa shape index (κ1) is 15.2. The number of aliphatic hydroxyl groups is 1. The van der Waals surface area contributed by atoms with E-state index in [9.17, 15) is 5.11 Å². The average Bonchev–Trinajstić information content (AvgIpc) is 2.27. The quantitative estimate of drug-likeness (QED) is 0.602. The van der Waals surface area contributed by atoms with E-state index in [1.54, 1.807) is 13.0 Å². The largest absolute Gasteiger partial charge is 0.386 e. The van der Waals surface area contributed by atoms with E-state index in [-0.39, 0.29) is 12.2 Å². The normalized spacial score (nSPS) is 27.4. The highest BCUT2D eigenvalue weighted by molar-refractivity contribution is 5.11. The predicted octanol–water partition coefficient (Wildman–Crippen LogP) is 3.32. The van der Waals surface area contributed by atoms with Crippen LogP contribution in [0.25, 0.3) is 0 Å². The van der Waals surface area contributed by atoms with Crippen molar-refractivity contribution in [3.63, 3.8) is 0 Å². The lowest BCUT2D eigenvalue weighted by Gasteiger charge is -2.30. The maximum absolute atomic E-state index is 9.86. The maximum Gasteiger partial charge on any atom is 0.115 e. The van der Waals surface area contributed by atoms with Crippen LogP contribution in [0.15, 0.2) is 36.5 Å². The molecule has 102 valence electrons. The molecule has 1 N–H and O–H groups in total. The topological polar surface area (TPSA) is 38.7 Å². The molecule has 1 saturated heterocycles. The molecule has 0 aromatic carbocycles. The van der Waals surface area contributed by atoms with Crippen LogP contribution in [0, 0.1) is 0 Å². The van der Waals surface area contributed by atoms with Crippen molar-refractivity contribution in [3.05, 3.63) is 36.5 Å². The van der Waals surface area contributed by atoms with Gasteiger partial charge in [-0.1, -0.05) is 24.3 Å². The van der Waals surface area contributed by atoms with Crippen molar-refractivity contribution in [1.82, 2.24) is 0 Å². The van der Waals surface area contributed by atoms with Crippen LogP contribution in [0.5, 0.6) is 0 Å². The van der Waals surface area contributed by atoms with E-state index < -0.39 is 5.60 Å². The lowest BCUT2D eigenvalue weighted by molar-refractivity contribution is -0.350. The molecule has 0 saturated carbocycles. The zero-order chi connectivity index (χ0) is 13.8. The van der Waals surface area contributed by atoms with E-state index in [1.807, 2.05) is 19.9 Å². The monoisotopic (exact) mass is 252 g/mol. The Hall–Kier alpha value is -0.900. The van der Waals surface area contributed by atoms with E-state index >= 15 is 0 Å². The Morgan fingerprint density at radius 1 is 1.50 bits per heavy atom. The summed E-state index contributed by atoms with van der Waals surface area (Å²) in [7, 11) is 0. The molecule has 1 heterocycles. The van der Waals surface area contributed by atoms with Crippen molar-refractivity contribution < 1.29 is 14.9 Å². The average molecular weight is 252 g/mol. The van der Waals surface area contributed by atoms with Gasteiger partial charge in [-0.25, -0.2) is 9.78 Å². The highest BCUT2D eigenvalue weighted by Crippen LogP contribution is 2.27. The van der Waals surface area contributed by atoms with Gasteiger partial charge in [0.1, 0.15) is 12.2 Å². The lowest BCUT2D eigenvalue weighted by Crippen LogP contribution is -2.31. The van der Waals surface area contributed by atoms with Crippen molar-refractivity contribution >= 4 is 0 Å². The molecule has 1 unspecified atom stereocenters. The minimum absolute atomic E-state index is 0.0429. The second kappa shape index (κ2) is 6.32. The second-order valence-corrected chi connectivity index (χ2v) is 5.43. The highest BCUT2D eigenvalue weighted by Gasteiger charge is 2.27. The van der Waals surface area contributed by atoms with Gasteiger partial charge in [0, 0.05) is 6.42 Å². The zero-order valence-electron chi connectivity index (χ0n) is 11.6. The standard InChI is InChI=1S/C15H24O3/c1-6-15(5,16)8-7-14-12(4)10-13(17-18-14)9-11(2)3/h6,9,13-14,16H,1,4,7-8,10H2,2-3,5H3/t13-,14-,15?/m1/s1. The molecule has 3 nitrogen and oxygen atoms in total. The van der Waals surface area contributed by atoms with Gasteiger partial charge >= 0.3 is 0 Å². The van der Waals surface area contributed by atoms with Crippen molar-refractivity contribution in [2.24, 2.45) is 0 Å². The highest BCUT2D eigenvalue weighted by atomic mass is 17.2. The Morgan fingerprint density at radius 2 is 2.17 bits per heavy atom. The fraction of sp³-hybridized carbons (Fsp3) is 0.600. The van der Waals surface area contributed by atoms with Crippen LogP contribution in [-0.2, 0) is 9.78 Å². The molecule has 1 aliphatic rings. The van der Waals surface area contributed by atoms with Crippen LogP contribution in [0.4, 0.5) is 0 Å². The smallest absolute Gasteiger partial charge is 0.115 e. The summed E-state index contributed by atoms with van der Waals surface area (Å²) in [5.41, 5.74) is 1.36. The third-order valence-electron chi connectivity index (χ3n) is 3.09. The number of rotatable bonds is 5. The molecule has 18 heavy (non-hydrogen) atoms. The van der Waals surface area contributed by atoms with Gasteiger partial charge in [0.05, 0.1) is 5.60 Å². The van der Waals surface area contributed by atoms with Crippen molar-refractivity contribution in [1.29, 1.82) is 0 Å². The van der Waals surface area contributed by atoms with Gasteiger partial charge in [-0.3, -0.25) is 0 Å². The van der Waals surface area contributed by atoms with Gasteiger partial charge in [0.25, 0.3) is 0 Å². The van der Waals surface area contributed by atoms with Crippen LogP contribution in [-0.4, -0.2) is 22.9 Å². The van der Waals surface area contributed by atoms with Crippen molar-refractivity contribution in [2.75, 3.05) is 0 Å². The maximum atomic E-state index is 9.86. The summed E-state index contributed by atoms with van der Waals surface area (Å²) in [6.45, 7) is 13.4. The van der Waals surface area contributed by atoms with Gasteiger partial charge < -0.3 is 5.11 Å². The summed E-state index contributed by atoms with van der Waals surface area (Å²) in [6, 6.07) is 0. The molecular weight excluding hydrogens is 228 g/mol. The minimum Gasteiger partial charge on any atom is -0.386 e. The first-order valence-electron chi connectivity index (χ1n) is 6.35. The Morgan fingerprint density at radius 3 is 2.67 bits per heavy atom. The van der Waals surface area contributed by atoms with E-state index in [2.05, 4.69) is 13.2 Å². The summed E-state index contributed by atoms with van der Waals surface area (Å²) in [5.74, 6) is 0. The first-order chi connectivity index (χ1) is 8.34. The summed E-state index contributed by atoms with van der Waals surface area (Å²) in [6.07, 6.45) is 5.42. The minimum atomic E-state index is -0.861. The summed E-state index contributed by atoms with van der Waals surface area (Å²) >= 11 is 0. The molecule has 0 amide bonds. The van der Waals surface area contributed by atoms with Crippen molar-refractivity contribution in [2.45, 2.75) is 57.8 Å². The fourth-order valence-corrected chi connectivity index (χ4v) is 1.87. The molecule has 1 aliphatic heterocycles. The number of allylic oxidation sites excluding steroid dienone is 1. The molecule has 0 radical (unpaired) electrons. The fourth-order valence-electron chi connectivity index (χ4n) is 1.87. The van der Waals surface area contributed by atoms with E-state index in [4.69, 9.17) is 9.78 Å². The predicted molar refractivity (Wildman–Crippen MR) is 73.0 cm³/mol. The van der Waals surface area contributed by atoms with Crippen LogP contribution in [0.2, 0.25) is 0 Å². The summed E-state index contributed by atoms with van der Waals surface area (Å²) in [4.78, 5) is 10.7. The first-order valence-corrected chi connectivity index (χ1v) is 6.35. The molecule has 1 rings (SSSR count). The molecule has 3 heteroatoms. The molecule has 0 spiro atoms. The van der Waals surface area contributed by atoms with Gasteiger partial charge in [0.15, 0.2) is 0 Å². The molecular formula is C15H24O3. The van der Waals surface area contributed by atoms with Gasteiger partial charge in [0.2, 0.25) is 0 Å². The summed E-state index contributed by atoms with van der Waals surface area (Å²) in [5, 5.41) is 9.86. The van der Waals surface area contributed by atoms with E-state index in [0.29, 0.717) is 12.8 Å². The summed E-state index contributed by atoms with van der Waals surface area (Å²) < 4.78 is 0. The Labute approximate surface area is 110 Å². The number of hydrogen-bond acceptors (Lipinski definition) is 3. The molecule has 0 aliphatic carbocycles. The van der Waals surface area contributed by atoms with Crippen LogP contribution < -0.4 is 0 Å². The zero-order valence-corrected chi connectivity index (χ0v) is 11.6. The molecule has 0 aromatic rings. The van der Waals surface area contributed by atoms with E-state index in [0.717, 1.165) is 12.0 Å². The third-order valence-corrected chi connectivity index (χ3v) is 3.09. The second-order valence-electron chi connectivity index (χ2n) is 5.43. The Balaban J connectivity index is 2.46. The SMILES string of the molecule is C=CC(C)(O)CC[C@H]1OO[C@H](C=C(C)C)CC1=C. The van der Waals surface area contributed by atoms with Gasteiger partial charge in [-0.15, -0.1) is 6.58 Å². The molecule has 0 bridgehead atoms. The van der Waals surface area contributed by atoms with Gasteiger partial charge in [-0.05, 0) is 39.2 Å². The third kappa shape index (κ3) is 4.77. The van der Waals surface area contributed by atoms with E-state index in [1.165, 1.54) is 5.57 Å². The number of hydrogen-bond donors (Lipinski definition) is 1. The van der Waals surface area contributed by atoms with Crippen LogP contribution in [0.3, 0.4) is 0 Å². The molecule has 3 atom stereocenters. The van der Waals surface area contributed by atoms with Crippen LogP contribution in [0.1, 0.15) is 40.0 Å². The molecule has 0 aromatic heterocycles. The Kier molecular flexibility index (Phi) is 5.32. The van der Waals surface area contributed by atoms with Gasteiger partial charge in [-0.2, -0.15) is 0 Å². The molecule has 1 fully saturated rings. The van der Waals surface area contributed by atoms with Crippen molar-refractivity contribution in [3.8, 4) is 0 Å². The lowest BCUT2D eigenvalue weighted by atomic mass is 9.93. The van der Waals surface area contributed by atoms with Crippen LogP contribution >= 0.6 is 0 Å².